The van der Waals surface area contributed by atoms with E-state index in [-0.39, 0.29) is 18.0 Å². The number of carbonyl (C=O) groups is 1. The maximum absolute atomic E-state index is 12.9. The van der Waals surface area contributed by atoms with Gasteiger partial charge in [0.1, 0.15) is 12.4 Å². The van der Waals surface area contributed by atoms with Crippen LogP contribution in [0.3, 0.4) is 0 Å². The maximum atomic E-state index is 12.9. The Hall–Kier alpha value is -3.55. The van der Waals surface area contributed by atoms with Gasteiger partial charge in [0.05, 0.1) is 18.4 Å². The summed E-state index contributed by atoms with van der Waals surface area (Å²) < 4.78 is 26.2. The van der Waals surface area contributed by atoms with E-state index in [1.54, 1.807) is 29.2 Å². The molecule has 7 nitrogen and oxygen atoms in total. The summed E-state index contributed by atoms with van der Waals surface area (Å²) in [6.07, 6.45) is 3.12. The van der Waals surface area contributed by atoms with Crippen LogP contribution in [0.4, 0.5) is 14.9 Å². The fourth-order valence-corrected chi connectivity index (χ4v) is 2.85. The number of anilines is 1. The lowest BCUT2D eigenvalue weighted by Crippen LogP contribution is -2.33. The lowest BCUT2D eigenvalue weighted by atomic mass is 10.2. The molecular formula is C20H19FN4O3. The van der Waals surface area contributed by atoms with Crippen molar-refractivity contribution in [2.75, 3.05) is 11.9 Å². The SMILES string of the molecule is O=C(NCc1ccc(F)cc1)Nc1cnn(C[C@H]2COc3ccccc3O2)c1. The number of rotatable bonds is 5. The zero-order valence-corrected chi connectivity index (χ0v) is 15.0. The van der Waals surface area contributed by atoms with E-state index in [2.05, 4.69) is 15.7 Å². The molecule has 2 heterocycles. The molecule has 8 heteroatoms. The van der Waals surface area contributed by atoms with E-state index in [1.165, 1.54) is 12.1 Å². The molecule has 0 fully saturated rings. The van der Waals surface area contributed by atoms with Crippen LogP contribution in [0.5, 0.6) is 11.5 Å². The lowest BCUT2D eigenvalue weighted by Gasteiger charge is -2.26. The number of benzene rings is 2. The third-order valence-corrected chi connectivity index (χ3v) is 4.22. The normalized spacial score (nSPS) is 15.1. The molecule has 1 aliphatic rings. The summed E-state index contributed by atoms with van der Waals surface area (Å²) in [6, 6.07) is 13.1. The Balaban J connectivity index is 1.27. The van der Waals surface area contributed by atoms with E-state index in [0.717, 1.165) is 11.3 Å². The molecule has 1 atom stereocenters. The summed E-state index contributed by atoms with van der Waals surface area (Å²) in [7, 11) is 0. The van der Waals surface area contributed by atoms with Crippen LogP contribution in [0.15, 0.2) is 60.9 Å². The molecule has 2 amide bonds. The number of para-hydroxylation sites is 2. The van der Waals surface area contributed by atoms with Gasteiger partial charge < -0.3 is 20.1 Å². The number of carbonyl (C=O) groups excluding carboxylic acids is 1. The molecule has 2 N–H and O–H groups in total. The molecule has 3 aromatic rings. The number of nitrogens with one attached hydrogen (secondary N) is 2. The summed E-state index contributed by atoms with van der Waals surface area (Å²) in [5.41, 5.74) is 1.37. The van der Waals surface area contributed by atoms with Crippen LogP contribution in [0.2, 0.25) is 0 Å². The van der Waals surface area contributed by atoms with E-state index in [9.17, 15) is 9.18 Å². The Bertz CT molecular complexity index is 958. The summed E-state index contributed by atoms with van der Waals surface area (Å²) >= 11 is 0. The number of urea groups is 1. The van der Waals surface area contributed by atoms with Crippen molar-refractivity contribution in [3.05, 3.63) is 72.3 Å². The van der Waals surface area contributed by atoms with Gasteiger partial charge in [0.15, 0.2) is 17.6 Å². The number of ether oxygens (including phenoxy) is 2. The summed E-state index contributed by atoms with van der Waals surface area (Å²) in [6.45, 7) is 1.22. The van der Waals surface area contributed by atoms with Crippen LogP contribution in [0.25, 0.3) is 0 Å². The number of amides is 2. The Kier molecular flexibility index (Phi) is 5.09. The maximum Gasteiger partial charge on any atom is 0.319 e. The molecule has 144 valence electrons. The smallest absolute Gasteiger partial charge is 0.319 e. The first-order valence-electron chi connectivity index (χ1n) is 8.86. The highest BCUT2D eigenvalue weighted by Crippen LogP contribution is 2.31. The minimum absolute atomic E-state index is 0.171. The Morgan fingerprint density at radius 2 is 1.96 bits per heavy atom. The first-order valence-corrected chi connectivity index (χ1v) is 8.86. The number of nitrogens with zero attached hydrogens (tertiary/aromatic N) is 2. The van der Waals surface area contributed by atoms with Gasteiger partial charge in [0.2, 0.25) is 0 Å². The fourth-order valence-electron chi connectivity index (χ4n) is 2.85. The monoisotopic (exact) mass is 382 g/mol. The third-order valence-electron chi connectivity index (χ3n) is 4.22. The van der Waals surface area contributed by atoms with Gasteiger partial charge >= 0.3 is 6.03 Å². The fraction of sp³-hybridized carbons (Fsp3) is 0.200. The van der Waals surface area contributed by atoms with E-state index in [0.29, 0.717) is 31.1 Å². The summed E-state index contributed by atoms with van der Waals surface area (Å²) in [5.74, 6) is 1.14. The molecule has 0 aliphatic carbocycles. The first kappa shape index (κ1) is 17.8. The number of hydrogen-bond acceptors (Lipinski definition) is 4. The molecule has 0 bridgehead atoms. The number of halogens is 1. The highest BCUT2D eigenvalue weighted by atomic mass is 19.1. The van der Waals surface area contributed by atoms with Gasteiger partial charge in [-0.25, -0.2) is 9.18 Å². The topological polar surface area (TPSA) is 77.4 Å². The molecule has 1 aromatic heterocycles. The van der Waals surface area contributed by atoms with Crippen LogP contribution in [0.1, 0.15) is 5.56 Å². The van der Waals surface area contributed by atoms with Crippen LogP contribution < -0.4 is 20.1 Å². The zero-order chi connectivity index (χ0) is 19.3. The predicted octanol–water partition coefficient (Wildman–Crippen LogP) is 3.18. The lowest BCUT2D eigenvalue weighted by molar-refractivity contribution is 0.0759. The van der Waals surface area contributed by atoms with Crippen LogP contribution in [0, 0.1) is 5.82 Å². The van der Waals surface area contributed by atoms with Crippen LogP contribution in [-0.2, 0) is 13.1 Å². The van der Waals surface area contributed by atoms with E-state index in [4.69, 9.17) is 9.47 Å². The molecule has 0 saturated heterocycles. The largest absolute Gasteiger partial charge is 0.486 e. The quantitative estimate of drug-likeness (QED) is 0.711. The molecule has 0 radical (unpaired) electrons. The Labute approximate surface area is 161 Å². The van der Waals surface area contributed by atoms with Crippen molar-refractivity contribution in [1.82, 2.24) is 15.1 Å². The van der Waals surface area contributed by atoms with Crippen molar-refractivity contribution in [2.24, 2.45) is 0 Å². The van der Waals surface area contributed by atoms with E-state index < -0.39 is 0 Å². The molecule has 0 unspecified atom stereocenters. The summed E-state index contributed by atoms with van der Waals surface area (Å²) in [4.78, 5) is 12.0. The Morgan fingerprint density at radius 3 is 2.79 bits per heavy atom. The summed E-state index contributed by atoms with van der Waals surface area (Å²) in [5, 5.41) is 9.68. The van der Waals surface area contributed by atoms with Crippen molar-refractivity contribution < 1.29 is 18.7 Å². The van der Waals surface area contributed by atoms with Gasteiger partial charge in [-0.15, -0.1) is 0 Å². The number of hydrogen-bond donors (Lipinski definition) is 2. The highest BCUT2D eigenvalue weighted by Gasteiger charge is 2.21. The minimum Gasteiger partial charge on any atom is -0.486 e. The molecule has 1 aliphatic heterocycles. The van der Waals surface area contributed by atoms with Crippen LogP contribution >= 0.6 is 0 Å². The van der Waals surface area contributed by atoms with Crippen molar-refractivity contribution in [3.63, 3.8) is 0 Å². The molecule has 2 aromatic carbocycles. The number of aromatic nitrogens is 2. The van der Waals surface area contributed by atoms with Crippen molar-refractivity contribution in [2.45, 2.75) is 19.2 Å². The first-order chi connectivity index (χ1) is 13.7. The average Bonchev–Trinajstić information content (AvgIpc) is 3.14. The average molecular weight is 382 g/mol. The molecule has 4 rings (SSSR count). The second-order valence-corrected chi connectivity index (χ2v) is 6.38. The minimum atomic E-state index is -0.366. The van der Waals surface area contributed by atoms with Gasteiger partial charge in [-0.2, -0.15) is 5.10 Å². The second kappa shape index (κ2) is 7.99. The Morgan fingerprint density at radius 1 is 1.18 bits per heavy atom. The van der Waals surface area contributed by atoms with Crippen molar-refractivity contribution >= 4 is 11.7 Å². The molecule has 0 spiro atoms. The highest BCUT2D eigenvalue weighted by molar-refractivity contribution is 5.88. The van der Waals surface area contributed by atoms with E-state index >= 15 is 0 Å². The van der Waals surface area contributed by atoms with Gasteiger partial charge in [0, 0.05) is 12.7 Å². The van der Waals surface area contributed by atoms with Gasteiger partial charge in [-0.1, -0.05) is 24.3 Å². The van der Waals surface area contributed by atoms with Gasteiger partial charge in [0.25, 0.3) is 0 Å². The number of fused-ring (bicyclic) bond motifs is 1. The van der Waals surface area contributed by atoms with Gasteiger partial charge in [-0.05, 0) is 29.8 Å². The third kappa shape index (κ3) is 4.40. The predicted molar refractivity (Wildman–Crippen MR) is 101 cm³/mol. The van der Waals surface area contributed by atoms with Crippen molar-refractivity contribution in [1.29, 1.82) is 0 Å². The van der Waals surface area contributed by atoms with E-state index in [1.807, 2.05) is 24.3 Å². The van der Waals surface area contributed by atoms with Gasteiger partial charge in [-0.3, -0.25) is 4.68 Å². The van der Waals surface area contributed by atoms with Crippen LogP contribution in [-0.4, -0.2) is 28.5 Å². The zero-order valence-electron chi connectivity index (χ0n) is 15.0. The second-order valence-electron chi connectivity index (χ2n) is 6.38. The molecular weight excluding hydrogens is 363 g/mol. The molecule has 28 heavy (non-hydrogen) atoms. The standard InChI is InChI=1S/C20H19FN4O3/c21-15-7-5-14(6-8-15)9-22-20(26)24-16-10-23-25(11-16)12-17-13-27-18-3-1-2-4-19(18)28-17/h1-8,10-11,17H,9,12-13H2,(H2,22,24,26)/t17-/m0/s1. The molecule has 0 saturated carbocycles. The van der Waals surface area contributed by atoms with Crippen molar-refractivity contribution in [3.8, 4) is 11.5 Å².